The zero-order chi connectivity index (χ0) is 24.7. The minimum atomic E-state index is -1.12. The summed E-state index contributed by atoms with van der Waals surface area (Å²) < 4.78 is 1.86. The molecule has 3 aromatic rings. The van der Waals surface area contributed by atoms with Gasteiger partial charge in [0, 0.05) is 32.7 Å². The van der Waals surface area contributed by atoms with E-state index in [1.807, 2.05) is 24.5 Å². The number of halogens is 3. The molecule has 0 atom stereocenters. The number of aromatic nitrogens is 1. The molecular formula is C24H17Cl3N2O4S. The molecule has 0 unspecified atom stereocenters. The van der Waals surface area contributed by atoms with Gasteiger partial charge in [-0.1, -0.05) is 40.9 Å². The van der Waals surface area contributed by atoms with Crippen molar-refractivity contribution in [1.82, 2.24) is 9.47 Å². The number of amides is 2. The van der Waals surface area contributed by atoms with Gasteiger partial charge >= 0.3 is 5.97 Å². The Morgan fingerprint density at radius 2 is 1.71 bits per heavy atom. The Kier molecular flexibility index (Phi) is 6.82. The van der Waals surface area contributed by atoms with E-state index in [0.29, 0.717) is 21.3 Å². The third-order valence-electron chi connectivity index (χ3n) is 5.45. The van der Waals surface area contributed by atoms with E-state index in [2.05, 4.69) is 0 Å². The Balaban J connectivity index is 1.67. The van der Waals surface area contributed by atoms with Gasteiger partial charge in [-0.25, -0.2) is 4.79 Å². The molecule has 0 saturated carbocycles. The average Bonchev–Trinajstić information content (AvgIpc) is 3.20. The molecule has 1 N–H and O–H groups in total. The molecule has 0 aliphatic carbocycles. The highest BCUT2D eigenvalue weighted by Gasteiger charge is 2.36. The van der Waals surface area contributed by atoms with Gasteiger partial charge in [-0.05, 0) is 73.6 Å². The molecule has 0 radical (unpaired) electrons. The summed E-state index contributed by atoms with van der Waals surface area (Å²) in [5, 5.41) is 9.88. The first-order valence-electron chi connectivity index (χ1n) is 9.99. The minimum Gasteiger partial charge on any atom is -0.478 e. The van der Waals surface area contributed by atoms with Gasteiger partial charge in [0.25, 0.3) is 11.1 Å². The summed E-state index contributed by atoms with van der Waals surface area (Å²) >= 11 is 19.3. The first kappa shape index (κ1) is 24.4. The monoisotopic (exact) mass is 534 g/mol. The molecule has 1 aromatic heterocycles. The molecule has 174 valence electrons. The normalized spacial score (nSPS) is 15.0. The van der Waals surface area contributed by atoms with Crippen molar-refractivity contribution < 1.29 is 19.5 Å². The third kappa shape index (κ3) is 4.49. The number of aromatic carboxylic acids is 1. The fraction of sp³-hybridized carbons (Fsp3) is 0.125. The van der Waals surface area contributed by atoms with Gasteiger partial charge in [0.1, 0.15) is 0 Å². The predicted octanol–water partition coefficient (Wildman–Crippen LogP) is 6.99. The molecule has 0 spiro atoms. The molecule has 34 heavy (non-hydrogen) atoms. The average molecular weight is 536 g/mol. The highest BCUT2D eigenvalue weighted by atomic mass is 35.5. The van der Waals surface area contributed by atoms with E-state index in [0.717, 1.165) is 33.6 Å². The lowest BCUT2D eigenvalue weighted by atomic mass is 10.2. The molecule has 4 rings (SSSR count). The molecule has 0 bridgehead atoms. The maximum atomic E-state index is 13.0. The smallest absolute Gasteiger partial charge is 0.337 e. The van der Waals surface area contributed by atoms with Gasteiger partial charge < -0.3 is 9.67 Å². The number of carboxylic acid groups (broad SMARTS) is 1. The van der Waals surface area contributed by atoms with Crippen molar-refractivity contribution in [3.63, 3.8) is 0 Å². The van der Waals surface area contributed by atoms with Crippen LogP contribution in [0, 0.1) is 13.8 Å². The van der Waals surface area contributed by atoms with Crippen LogP contribution in [0.2, 0.25) is 15.1 Å². The summed E-state index contributed by atoms with van der Waals surface area (Å²) in [6.45, 7) is 3.69. The van der Waals surface area contributed by atoms with Gasteiger partial charge in [-0.15, -0.1) is 0 Å². The van der Waals surface area contributed by atoms with Crippen molar-refractivity contribution in [2.24, 2.45) is 0 Å². The van der Waals surface area contributed by atoms with Crippen molar-refractivity contribution in [2.45, 2.75) is 20.4 Å². The first-order valence-corrected chi connectivity index (χ1v) is 11.9. The van der Waals surface area contributed by atoms with E-state index in [4.69, 9.17) is 34.8 Å². The molecule has 2 amide bonds. The van der Waals surface area contributed by atoms with Crippen LogP contribution in [0.4, 0.5) is 4.79 Å². The summed E-state index contributed by atoms with van der Waals surface area (Å²) in [6.07, 6.45) is 1.66. The summed E-state index contributed by atoms with van der Waals surface area (Å²) in [5.74, 6) is -1.56. The number of aryl methyl sites for hydroxylation is 1. The SMILES string of the molecule is Cc1cc(/C=C2\SC(=O)N(Cc3c(Cl)cccc3Cl)C2=O)c(C)n1-c1ccc(Cl)c(C(=O)O)c1. The molecule has 1 aliphatic heterocycles. The molecule has 6 nitrogen and oxygen atoms in total. The number of carbonyl (C=O) groups is 3. The van der Waals surface area contributed by atoms with Crippen LogP contribution < -0.4 is 0 Å². The van der Waals surface area contributed by atoms with E-state index in [-0.39, 0.29) is 22.0 Å². The van der Waals surface area contributed by atoms with Gasteiger partial charge in [-0.2, -0.15) is 0 Å². The van der Waals surface area contributed by atoms with E-state index in [1.54, 1.807) is 30.3 Å². The van der Waals surface area contributed by atoms with Crippen LogP contribution in [-0.2, 0) is 11.3 Å². The number of hydrogen-bond donors (Lipinski definition) is 1. The van der Waals surface area contributed by atoms with E-state index in [1.165, 1.54) is 12.1 Å². The summed E-state index contributed by atoms with van der Waals surface area (Å²) in [4.78, 5) is 38.5. The van der Waals surface area contributed by atoms with Gasteiger partial charge in [-0.3, -0.25) is 14.5 Å². The van der Waals surface area contributed by atoms with Gasteiger partial charge in [0.15, 0.2) is 0 Å². The van der Waals surface area contributed by atoms with Crippen LogP contribution >= 0.6 is 46.6 Å². The van der Waals surface area contributed by atoms with Crippen LogP contribution in [0.25, 0.3) is 11.8 Å². The molecule has 10 heteroatoms. The van der Waals surface area contributed by atoms with Crippen molar-refractivity contribution >= 4 is 69.8 Å². The molecule has 2 heterocycles. The van der Waals surface area contributed by atoms with Crippen molar-refractivity contribution in [3.05, 3.63) is 90.5 Å². The Hall–Kier alpha value is -2.71. The Bertz CT molecular complexity index is 1380. The molecule has 2 aromatic carbocycles. The fourth-order valence-electron chi connectivity index (χ4n) is 3.77. The predicted molar refractivity (Wildman–Crippen MR) is 135 cm³/mol. The number of carbonyl (C=O) groups excluding carboxylic acids is 2. The summed E-state index contributed by atoms with van der Waals surface area (Å²) in [5.41, 5.74) is 3.45. The highest BCUT2D eigenvalue weighted by molar-refractivity contribution is 8.18. The first-order chi connectivity index (χ1) is 16.1. The summed E-state index contributed by atoms with van der Waals surface area (Å²) in [6, 6.07) is 11.6. The topological polar surface area (TPSA) is 79.6 Å². The van der Waals surface area contributed by atoms with Crippen molar-refractivity contribution in [3.8, 4) is 5.69 Å². The Morgan fingerprint density at radius 3 is 2.35 bits per heavy atom. The highest BCUT2D eigenvalue weighted by Crippen LogP contribution is 2.36. The van der Waals surface area contributed by atoms with Crippen LogP contribution in [0.3, 0.4) is 0 Å². The van der Waals surface area contributed by atoms with Gasteiger partial charge in [0.05, 0.1) is 22.0 Å². The van der Waals surface area contributed by atoms with Crippen molar-refractivity contribution in [2.75, 3.05) is 0 Å². The Labute approximate surface area is 214 Å². The maximum absolute atomic E-state index is 13.0. The molecular weight excluding hydrogens is 519 g/mol. The second-order valence-electron chi connectivity index (χ2n) is 7.60. The zero-order valence-corrected chi connectivity index (χ0v) is 21.0. The van der Waals surface area contributed by atoms with Gasteiger partial charge in [0.2, 0.25) is 0 Å². The number of thioether (sulfide) groups is 1. The van der Waals surface area contributed by atoms with Crippen LogP contribution in [0.1, 0.15) is 32.9 Å². The molecule has 1 fully saturated rings. The number of imide groups is 1. The fourth-order valence-corrected chi connectivity index (χ4v) is 5.31. The third-order valence-corrected chi connectivity index (χ3v) is 7.39. The lowest BCUT2D eigenvalue weighted by molar-refractivity contribution is -0.123. The van der Waals surface area contributed by atoms with Crippen LogP contribution in [-0.4, -0.2) is 31.7 Å². The van der Waals surface area contributed by atoms with E-state index in [9.17, 15) is 19.5 Å². The molecule has 1 saturated heterocycles. The maximum Gasteiger partial charge on any atom is 0.337 e. The quantitative estimate of drug-likeness (QED) is 0.356. The van der Waals surface area contributed by atoms with Crippen molar-refractivity contribution in [1.29, 1.82) is 0 Å². The van der Waals surface area contributed by atoms with Crippen LogP contribution in [0.5, 0.6) is 0 Å². The standard InChI is InChI=1S/C24H17Cl3N2O4S/c1-12-8-14(13(2)29(12)15-6-7-20(27)16(10-15)23(31)32)9-21-22(30)28(24(33)34-21)11-17-18(25)4-3-5-19(17)26/h3-10H,11H2,1-2H3,(H,31,32)/b21-9-. The lowest BCUT2D eigenvalue weighted by Gasteiger charge is -2.14. The number of nitrogens with zero attached hydrogens (tertiary/aromatic N) is 2. The lowest BCUT2D eigenvalue weighted by Crippen LogP contribution is -2.27. The largest absolute Gasteiger partial charge is 0.478 e. The van der Waals surface area contributed by atoms with E-state index < -0.39 is 17.1 Å². The number of benzene rings is 2. The zero-order valence-electron chi connectivity index (χ0n) is 17.9. The number of hydrogen-bond acceptors (Lipinski definition) is 4. The molecule has 1 aliphatic rings. The Morgan fingerprint density at radius 1 is 1.03 bits per heavy atom. The minimum absolute atomic E-state index is 0.00688. The number of carboxylic acids is 1. The second-order valence-corrected chi connectivity index (χ2v) is 9.81. The van der Waals surface area contributed by atoms with Crippen LogP contribution in [0.15, 0.2) is 47.4 Å². The van der Waals surface area contributed by atoms with E-state index >= 15 is 0 Å². The number of rotatable bonds is 5. The second kappa shape index (κ2) is 9.50. The summed E-state index contributed by atoms with van der Waals surface area (Å²) in [7, 11) is 0.